The molecule has 1 rings (SSSR count). The van der Waals surface area contributed by atoms with Gasteiger partial charge in [0, 0.05) is 25.3 Å². The first-order chi connectivity index (χ1) is 9.28. The molecule has 1 aromatic heterocycles. The highest BCUT2D eigenvalue weighted by Gasteiger charge is 2.28. The van der Waals surface area contributed by atoms with E-state index in [9.17, 15) is 4.79 Å². The Morgan fingerprint density at radius 2 is 2.00 bits per heavy atom. The fraction of sp³-hybridized carbons (Fsp3) is 0.786. The maximum Gasteiger partial charge on any atom is 0.227 e. The molecule has 0 bridgehead atoms. The second-order valence-corrected chi connectivity index (χ2v) is 6.03. The Balaban J connectivity index is 0.00000400. The Labute approximate surface area is 132 Å². The molecule has 0 saturated carbocycles. The van der Waals surface area contributed by atoms with Crippen LogP contribution in [0.2, 0.25) is 0 Å². The minimum absolute atomic E-state index is 0. The van der Waals surface area contributed by atoms with E-state index in [1.807, 2.05) is 34.6 Å². The maximum atomic E-state index is 12.0. The summed E-state index contributed by atoms with van der Waals surface area (Å²) in [6.45, 7) is 10.4. The average Bonchev–Trinajstić information content (AvgIpc) is 2.85. The van der Waals surface area contributed by atoms with Crippen LogP contribution in [0, 0.1) is 5.92 Å². The quantitative estimate of drug-likeness (QED) is 0.802. The highest BCUT2D eigenvalue weighted by Crippen LogP contribution is 2.15. The van der Waals surface area contributed by atoms with E-state index >= 15 is 0 Å². The van der Waals surface area contributed by atoms with E-state index in [4.69, 9.17) is 10.3 Å². The van der Waals surface area contributed by atoms with Crippen LogP contribution in [-0.2, 0) is 11.2 Å². The monoisotopic (exact) mass is 318 g/mol. The molecule has 3 N–H and O–H groups in total. The molecule has 0 spiro atoms. The molecule has 122 valence electrons. The summed E-state index contributed by atoms with van der Waals surface area (Å²) in [5.41, 5.74) is 5.36. The van der Waals surface area contributed by atoms with Gasteiger partial charge in [0.05, 0.1) is 5.54 Å². The van der Waals surface area contributed by atoms with Crippen molar-refractivity contribution >= 4 is 18.3 Å². The third-order valence-electron chi connectivity index (χ3n) is 3.69. The summed E-state index contributed by atoms with van der Waals surface area (Å²) in [5.74, 6) is 1.63. The molecule has 1 heterocycles. The van der Waals surface area contributed by atoms with Crippen LogP contribution < -0.4 is 11.1 Å². The predicted molar refractivity (Wildman–Crippen MR) is 84.4 cm³/mol. The average molecular weight is 319 g/mol. The van der Waals surface area contributed by atoms with Crippen molar-refractivity contribution in [1.29, 1.82) is 0 Å². The molecular weight excluding hydrogens is 292 g/mol. The standard InChI is InChI=1S/C14H26N4O2.ClH/c1-9(2)13-16-12(20-18-13)7-6-11(19)17-14(5,8-15)10(3)4;/h9-10H,6-8,15H2,1-5H3,(H,17,19);1H. The molecular formula is C14H27ClN4O2. The fourth-order valence-electron chi connectivity index (χ4n) is 1.64. The number of hydrogen-bond acceptors (Lipinski definition) is 5. The molecule has 0 aliphatic heterocycles. The Morgan fingerprint density at radius 1 is 1.38 bits per heavy atom. The smallest absolute Gasteiger partial charge is 0.227 e. The van der Waals surface area contributed by atoms with Crippen molar-refractivity contribution in [3.8, 4) is 0 Å². The third-order valence-corrected chi connectivity index (χ3v) is 3.69. The van der Waals surface area contributed by atoms with Gasteiger partial charge in [0.25, 0.3) is 0 Å². The zero-order chi connectivity index (χ0) is 15.3. The first kappa shape index (κ1) is 19.9. The van der Waals surface area contributed by atoms with Crippen LogP contribution in [0.15, 0.2) is 4.52 Å². The van der Waals surface area contributed by atoms with Gasteiger partial charge in [-0.2, -0.15) is 4.98 Å². The lowest BCUT2D eigenvalue weighted by molar-refractivity contribution is -0.123. The lowest BCUT2D eigenvalue weighted by Crippen LogP contribution is -2.55. The molecule has 1 aromatic rings. The minimum Gasteiger partial charge on any atom is -0.349 e. The van der Waals surface area contributed by atoms with E-state index < -0.39 is 0 Å². The highest BCUT2D eigenvalue weighted by molar-refractivity contribution is 5.85. The second-order valence-electron chi connectivity index (χ2n) is 6.03. The van der Waals surface area contributed by atoms with Gasteiger partial charge >= 0.3 is 0 Å². The van der Waals surface area contributed by atoms with Gasteiger partial charge in [0.1, 0.15) is 0 Å². The van der Waals surface area contributed by atoms with Crippen LogP contribution in [0.3, 0.4) is 0 Å². The van der Waals surface area contributed by atoms with Gasteiger partial charge in [-0.05, 0) is 12.8 Å². The summed E-state index contributed by atoms with van der Waals surface area (Å²) in [6.07, 6.45) is 0.770. The molecule has 0 fully saturated rings. The van der Waals surface area contributed by atoms with E-state index in [0.29, 0.717) is 31.1 Å². The summed E-state index contributed by atoms with van der Waals surface area (Å²) in [4.78, 5) is 16.2. The zero-order valence-corrected chi connectivity index (χ0v) is 14.3. The molecule has 6 nitrogen and oxygen atoms in total. The van der Waals surface area contributed by atoms with Crippen molar-refractivity contribution in [3.05, 3.63) is 11.7 Å². The number of rotatable bonds is 7. The number of nitrogens with zero attached hydrogens (tertiary/aromatic N) is 2. The molecule has 0 radical (unpaired) electrons. The SMILES string of the molecule is CC(C)c1noc(CCC(=O)NC(C)(CN)C(C)C)n1.Cl. The summed E-state index contributed by atoms with van der Waals surface area (Å²) < 4.78 is 5.11. The summed E-state index contributed by atoms with van der Waals surface area (Å²) >= 11 is 0. The number of aromatic nitrogens is 2. The predicted octanol–water partition coefficient (Wildman–Crippen LogP) is 2.04. The molecule has 7 heteroatoms. The van der Waals surface area contributed by atoms with Gasteiger partial charge in [0.15, 0.2) is 5.82 Å². The van der Waals surface area contributed by atoms with Crippen LogP contribution >= 0.6 is 12.4 Å². The normalized spacial score (nSPS) is 13.9. The van der Waals surface area contributed by atoms with E-state index in [1.165, 1.54) is 0 Å². The van der Waals surface area contributed by atoms with E-state index in [0.717, 1.165) is 0 Å². The Hall–Kier alpha value is -1.14. The first-order valence-corrected chi connectivity index (χ1v) is 7.12. The molecule has 0 aromatic carbocycles. The third kappa shape index (κ3) is 5.63. The van der Waals surface area contributed by atoms with Crippen LogP contribution in [0.4, 0.5) is 0 Å². The molecule has 1 unspecified atom stereocenters. The Morgan fingerprint density at radius 3 is 2.43 bits per heavy atom. The lowest BCUT2D eigenvalue weighted by atomic mass is 9.88. The Bertz CT molecular complexity index is 448. The van der Waals surface area contributed by atoms with Crippen molar-refractivity contribution in [2.45, 2.75) is 58.9 Å². The zero-order valence-electron chi connectivity index (χ0n) is 13.5. The molecule has 21 heavy (non-hydrogen) atoms. The summed E-state index contributed by atoms with van der Waals surface area (Å²) in [7, 11) is 0. The number of carbonyl (C=O) groups excluding carboxylic acids is 1. The topological polar surface area (TPSA) is 94.0 Å². The Kier molecular flexibility index (Phi) is 7.89. The fourth-order valence-corrected chi connectivity index (χ4v) is 1.64. The minimum atomic E-state index is -0.380. The largest absolute Gasteiger partial charge is 0.349 e. The number of carbonyl (C=O) groups is 1. The number of aryl methyl sites for hydroxylation is 1. The number of amides is 1. The van der Waals surface area contributed by atoms with Crippen LogP contribution in [-0.4, -0.2) is 28.1 Å². The van der Waals surface area contributed by atoms with Gasteiger partial charge in [0.2, 0.25) is 11.8 Å². The number of hydrogen-bond donors (Lipinski definition) is 2. The lowest BCUT2D eigenvalue weighted by Gasteiger charge is -2.33. The van der Waals surface area contributed by atoms with E-state index in [-0.39, 0.29) is 35.7 Å². The van der Waals surface area contributed by atoms with Crippen molar-refractivity contribution in [3.63, 3.8) is 0 Å². The van der Waals surface area contributed by atoms with Gasteiger partial charge < -0.3 is 15.6 Å². The number of nitrogens with two attached hydrogens (primary N) is 1. The summed E-state index contributed by atoms with van der Waals surface area (Å²) in [5, 5.41) is 6.86. The van der Waals surface area contributed by atoms with Gasteiger partial charge in [-0.15, -0.1) is 12.4 Å². The van der Waals surface area contributed by atoms with Crippen LogP contribution in [0.1, 0.15) is 58.7 Å². The van der Waals surface area contributed by atoms with E-state index in [2.05, 4.69) is 15.5 Å². The molecule has 1 atom stereocenters. The molecule has 1 amide bonds. The van der Waals surface area contributed by atoms with Crippen molar-refractivity contribution < 1.29 is 9.32 Å². The van der Waals surface area contributed by atoms with Crippen molar-refractivity contribution in [2.24, 2.45) is 11.7 Å². The van der Waals surface area contributed by atoms with Gasteiger partial charge in [-0.1, -0.05) is 32.9 Å². The molecule has 0 aliphatic rings. The van der Waals surface area contributed by atoms with Crippen LogP contribution in [0.25, 0.3) is 0 Å². The van der Waals surface area contributed by atoms with Crippen molar-refractivity contribution in [2.75, 3.05) is 6.54 Å². The number of halogens is 1. The van der Waals surface area contributed by atoms with Gasteiger partial charge in [-0.25, -0.2) is 0 Å². The second kappa shape index (κ2) is 8.34. The van der Waals surface area contributed by atoms with Crippen molar-refractivity contribution in [1.82, 2.24) is 15.5 Å². The molecule has 0 aliphatic carbocycles. The van der Waals surface area contributed by atoms with Gasteiger partial charge in [-0.3, -0.25) is 4.79 Å². The molecule has 0 saturated heterocycles. The number of nitrogens with one attached hydrogen (secondary N) is 1. The van der Waals surface area contributed by atoms with E-state index in [1.54, 1.807) is 0 Å². The summed E-state index contributed by atoms with van der Waals surface area (Å²) in [6, 6.07) is 0. The first-order valence-electron chi connectivity index (χ1n) is 7.12. The van der Waals surface area contributed by atoms with Crippen LogP contribution in [0.5, 0.6) is 0 Å². The maximum absolute atomic E-state index is 12.0. The highest BCUT2D eigenvalue weighted by atomic mass is 35.5.